The minimum absolute atomic E-state index is 0.575. The quantitative estimate of drug-likeness (QED) is 0.799. The van der Waals surface area contributed by atoms with E-state index in [1.165, 1.54) is 0 Å². The minimum atomic E-state index is 0.575. The topological polar surface area (TPSA) is 53.6 Å². The molecule has 1 N–H and O–H groups in total. The summed E-state index contributed by atoms with van der Waals surface area (Å²) in [5, 5.41) is 13.9. The lowest BCUT2D eigenvalue weighted by molar-refractivity contribution is 0.732. The molecule has 0 radical (unpaired) electrons. The van der Waals surface area contributed by atoms with E-state index in [-0.39, 0.29) is 0 Å². The van der Waals surface area contributed by atoms with Gasteiger partial charge in [-0.2, -0.15) is 5.26 Å². The van der Waals surface area contributed by atoms with Crippen LogP contribution in [-0.4, -0.2) is 16.1 Å². The number of hydrogen-bond acceptors (Lipinski definition) is 3. The molecule has 0 aliphatic rings. The zero-order chi connectivity index (χ0) is 14.7. The van der Waals surface area contributed by atoms with Crippen molar-refractivity contribution in [3.63, 3.8) is 0 Å². The predicted molar refractivity (Wildman–Crippen MR) is 84.4 cm³/mol. The van der Waals surface area contributed by atoms with Crippen LogP contribution in [-0.2, 0) is 6.54 Å². The normalized spacial score (nSPS) is 10.5. The van der Waals surface area contributed by atoms with Crippen LogP contribution in [0.25, 0.3) is 10.9 Å². The Morgan fingerprint density at radius 3 is 2.81 bits per heavy atom. The van der Waals surface area contributed by atoms with Crippen molar-refractivity contribution in [3.05, 3.63) is 59.4 Å². The summed E-state index contributed by atoms with van der Waals surface area (Å²) in [6.45, 7) is 1.58. The van der Waals surface area contributed by atoms with Crippen LogP contribution >= 0.6 is 11.6 Å². The predicted octanol–water partition coefficient (Wildman–Crippen LogP) is 3.67. The van der Waals surface area contributed by atoms with Crippen LogP contribution in [0.2, 0.25) is 5.02 Å². The molecule has 21 heavy (non-hydrogen) atoms. The summed E-state index contributed by atoms with van der Waals surface area (Å²) in [5.74, 6) is 0.702. The van der Waals surface area contributed by atoms with E-state index in [1.54, 1.807) is 18.2 Å². The number of fused-ring (bicyclic) bond motifs is 1. The lowest BCUT2D eigenvalue weighted by Crippen LogP contribution is -2.10. The van der Waals surface area contributed by atoms with Crippen molar-refractivity contribution in [3.8, 4) is 6.07 Å². The van der Waals surface area contributed by atoms with Crippen molar-refractivity contribution >= 4 is 28.3 Å². The van der Waals surface area contributed by atoms with Gasteiger partial charge in [0, 0.05) is 35.9 Å². The van der Waals surface area contributed by atoms with Gasteiger partial charge in [0.05, 0.1) is 17.1 Å². The maximum Gasteiger partial charge on any atom is 0.128 e. The number of pyridine rings is 1. The number of rotatable bonds is 4. The lowest BCUT2D eigenvalue weighted by atomic mass is 10.1. The van der Waals surface area contributed by atoms with Crippen LogP contribution in [0.3, 0.4) is 0 Å². The molecule has 0 aliphatic carbocycles. The Morgan fingerprint density at radius 1 is 1.24 bits per heavy atom. The highest BCUT2D eigenvalue weighted by Gasteiger charge is 2.06. The molecule has 5 heteroatoms. The standard InChI is InChI=1S/C16H13ClN4/c17-13-3-4-15-14(10-13)12(11-18)9-16(20-15)19-5-8-21-6-1-2-7-21/h1-4,6-7,9-10H,5,8H2,(H,19,20). The number of nitriles is 1. The number of nitrogens with one attached hydrogen (secondary N) is 1. The van der Waals surface area contributed by atoms with Crippen molar-refractivity contribution in [2.45, 2.75) is 6.54 Å². The second-order valence-corrected chi connectivity index (χ2v) is 5.11. The first kappa shape index (κ1) is 13.5. The highest BCUT2D eigenvalue weighted by molar-refractivity contribution is 6.31. The van der Waals surface area contributed by atoms with Crippen molar-refractivity contribution < 1.29 is 0 Å². The van der Waals surface area contributed by atoms with E-state index in [0.29, 0.717) is 16.4 Å². The molecule has 1 aromatic carbocycles. The zero-order valence-electron chi connectivity index (χ0n) is 11.3. The van der Waals surface area contributed by atoms with Gasteiger partial charge >= 0.3 is 0 Å². The van der Waals surface area contributed by atoms with E-state index in [2.05, 4.69) is 20.9 Å². The maximum atomic E-state index is 9.27. The molecule has 2 heterocycles. The van der Waals surface area contributed by atoms with E-state index in [0.717, 1.165) is 24.0 Å². The van der Waals surface area contributed by atoms with E-state index >= 15 is 0 Å². The summed E-state index contributed by atoms with van der Waals surface area (Å²) in [5.41, 5.74) is 1.34. The first-order chi connectivity index (χ1) is 10.3. The highest BCUT2D eigenvalue weighted by Crippen LogP contribution is 2.23. The Kier molecular flexibility index (Phi) is 3.76. The van der Waals surface area contributed by atoms with Crippen molar-refractivity contribution in [2.75, 3.05) is 11.9 Å². The second kappa shape index (κ2) is 5.86. The fraction of sp³-hybridized carbons (Fsp3) is 0.125. The van der Waals surface area contributed by atoms with Crippen LogP contribution in [0.1, 0.15) is 5.56 Å². The molecule has 0 saturated heterocycles. The summed E-state index contributed by atoms with van der Waals surface area (Å²) < 4.78 is 2.08. The van der Waals surface area contributed by atoms with E-state index in [9.17, 15) is 5.26 Å². The van der Waals surface area contributed by atoms with Gasteiger partial charge in [-0.3, -0.25) is 0 Å². The number of aromatic nitrogens is 2. The fourth-order valence-corrected chi connectivity index (χ4v) is 2.39. The third-order valence-corrected chi connectivity index (χ3v) is 3.47. The van der Waals surface area contributed by atoms with Crippen LogP contribution < -0.4 is 5.32 Å². The Labute approximate surface area is 127 Å². The summed E-state index contributed by atoms with van der Waals surface area (Å²) in [4.78, 5) is 4.51. The summed E-state index contributed by atoms with van der Waals surface area (Å²) >= 11 is 5.97. The molecule has 0 unspecified atom stereocenters. The van der Waals surface area contributed by atoms with Gasteiger partial charge in [0.1, 0.15) is 5.82 Å². The highest BCUT2D eigenvalue weighted by atomic mass is 35.5. The molecule has 0 spiro atoms. The number of hydrogen-bond donors (Lipinski definition) is 1. The zero-order valence-corrected chi connectivity index (χ0v) is 12.0. The number of halogens is 1. The molecule has 0 bridgehead atoms. The first-order valence-electron chi connectivity index (χ1n) is 6.61. The van der Waals surface area contributed by atoms with Gasteiger partial charge in [-0.15, -0.1) is 0 Å². The monoisotopic (exact) mass is 296 g/mol. The van der Waals surface area contributed by atoms with Crippen LogP contribution in [0.4, 0.5) is 5.82 Å². The van der Waals surface area contributed by atoms with Gasteiger partial charge in [-0.1, -0.05) is 11.6 Å². The van der Waals surface area contributed by atoms with Crippen LogP contribution in [0.5, 0.6) is 0 Å². The molecule has 0 aliphatic heterocycles. The molecular weight excluding hydrogens is 284 g/mol. The average Bonchev–Trinajstić information content (AvgIpc) is 3.00. The number of anilines is 1. The first-order valence-corrected chi connectivity index (χ1v) is 6.99. The summed E-state index contributed by atoms with van der Waals surface area (Å²) in [7, 11) is 0. The van der Waals surface area contributed by atoms with Crippen LogP contribution in [0.15, 0.2) is 48.8 Å². The maximum absolute atomic E-state index is 9.27. The third-order valence-electron chi connectivity index (χ3n) is 3.23. The molecule has 4 nitrogen and oxygen atoms in total. The van der Waals surface area contributed by atoms with Crippen molar-refractivity contribution in [1.82, 2.24) is 9.55 Å². The molecule has 3 rings (SSSR count). The van der Waals surface area contributed by atoms with Crippen molar-refractivity contribution in [1.29, 1.82) is 5.26 Å². The molecule has 0 saturated carbocycles. The van der Waals surface area contributed by atoms with E-state index in [1.807, 2.05) is 30.6 Å². The molecule has 2 aromatic heterocycles. The van der Waals surface area contributed by atoms with Gasteiger partial charge in [-0.05, 0) is 36.4 Å². The molecule has 0 fully saturated rings. The van der Waals surface area contributed by atoms with Crippen LogP contribution in [0, 0.1) is 11.3 Å². The SMILES string of the molecule is N#Cc1cc(NCCn2cccc2)nc2ccc(Cl)cc12. The van der Waals surface area contributed by atoms with Gasteiger partial charge in [0.15, 0.2) is 0 Å². The summed E-state index contributed by atoms with van der Waals surface area (Å²) in [6.07, 6.45) is 4.02. The molecule has 0 amide bonds. The molecule has 104 valence electrons. The smallest absolute Gasteiger partial charge is 0.128 e. The van der Waals surface area contributed by atoms with E-state index < -0.39 is 0 Å². The molecule has 3 aromatic rings. The van der Waals surface area contributed by atoms with Gasteiger partial charge < -0.3 is 9.88 Å². The Bertz CT molecular complexity index is 803. The van der Waals surface area contributed by atoms with E-state index in [4.69, 9.17) is 11.6 Å². The second-order valence-electron chi connectivity index (χ2n) is 4.68. The van der Waals surface area contributed by atoms with Crippen molar-refractivity contribution in [2.24, 2.45) is 0 Å². The minimum Gasteiger partial charge on any atom is -0.368 e. The largest absolute Gasteiger partial charge is 0.368 e. The summed E-state index contributed by atoms with van der Waals surface area (Å²) in [6, 6.07) is 13.3. The third kappa shape index (κ3) is 2.99. The molecular formula is C16H13ClN4. The Morgan fingerprint density at radius 2 is 2.05 bits per heavy atom. The van der Waals surface area contributed by atoms with Gasteiger partial charge in [0.2, 0.25) is 0 Å². The Balaban J connectivity index is 1.82. The fourth-order valence-electron chi connectivity index (χ4n) is 2.21. The average molecular weight is 297 g/mol. The number of benzene rings is 1. The van der Waals surface area contributed by atoms with Gasteiger partial charge in [0.25, 0.3) is 0 Å². The lowest BCUT2D eigenvalue weighted by Gasteiger charge is -2.09. The number of nitrogens with zero attached hydrogens (tertiary/aromatic N) is 3. The molecule has 0 atom stereocenters. The van der Waals surface area contributed by atoms with Gasteiger partial charge in [-0.25, -0.2) is 4.98 Å². The Hall–Kier alpha value is -2.51.